The number of carbonyl (C=O) groups is 1. The van der Waals surface area contributed by atoms with E-state index >= 15 is 0 Å². The Labute approximate surface area is 160 Å². The zero-order valence-electron chi connectivity index (χ0n) is 16.4. The van der Waals surface area contributed by atoms with E-state index in [1.807, 2.05) is 23.1 Å². The maximum atomic E-state index is 12.2. The Kier molecular flexibility index (Phi) is 6.24. The van der Waals surface area contributed by atoms with E-state index in [0.717, 1.165) is 37.4 Å². The predicted octanol–water partition coefficient (Wildman–Crippen LogP) is 1.14. The first-order valence-electron chi connectivity index (χ1n) is 9.41. The van der Waals surface area contributed by atoms with E-state index in [-0.39, 0.29) is 18.4 Å². The van der Waals surface area contributed by atoms with E-state index in [4.69, 9.17) is 14.2 Å². The third kappa shape index (κ3) is 4.36. The van der Waals surface area contributed by atoms with E-state index < -0.39 is 5.60 Å². The summed E-state index contributed by atoms with van der Waals surface area (Å²) in [5.74, 6) is 1.49. The zero-order valence-corrected chi connectivity index (χ0v) is 16.4. The average molecular weight is 378 g/mol. The second-order valence-electron chi connectivity index (χ2n) is 7.50. The molecule has 2 atom stereocenters. The number of carbonyl (C=O) groups excluding carboxylic acids is 1. The SMILES string of the molecule is COCC(=O)N1CC[C@]2(O)CCN(Cc3ccc(OC)c(OC)c3)C[C@@H]2C1. The molecule has 0 unspecified atom stereocenters. The lowest BCUT2D eigenvalue weighted by molar-refractivity contribution is -0.150. The molecule has 1 aromatic rings. The third-order valence-corrected chi connectivity index (χ3v) is 5.83. The average Bonchev–Trinajstić information content (AvgIpc) is 2.68. The van der Waals surface area contributed by atoms with E-state index in [2.05, 4.69) is 4.90 Å². The highest BCUT2D eigenvalue weighted by Crippen LogP contribution is 2.36. The molecule has 3 rings (SSSR count). The topological polar surface area (TPSA) is 71.5 Å². The van der Waals surface area contributed by atoms with Crippen LogP contribution in [0.25, 0.3) is 0 Å². The molecule has 2 heterocycles. The largest absolute Gasteiger partial charge is 0.493 e. The van der Waals surface area contributed by atoms with Crippen molar-refractivity contribution < 1.29 is 24.1 Å². The molecule has 150 valence electrons. The first kappa shape index (κ1) is 19.9. The first-order chi connectivity index (χ1) is 13.0. The van der Waals surface area contributed by atoms with Crippen molar-refractivity contribution >= 4 is 5.91 Å². The number of methoxy groups -OCH3 is 3. The second-order valence-corrected chi connectivity index (χ2v) is 7.50. The van der Waals surface area contributed by atoms with E-state index in [1.54, 1.807) is 14.2 Å². The highest BCUT2D eigenvalue weighted by molar-refractivity contribution is 5.77. The van der Waals surface area contributed by atoms with Gasteiger partial charge < -0.3 is 24.2 Å². The molecule has 0 aliphatic carbocycles. The summed E-state index contributed by atoms with van der Waals surface area (Å²) < 4.78 is 15.7. The van der Waals surface area contributed by atoms with Gasteiger partial charge in [0.2, 0.25) is 5.91 Å². The predicted molar refractivity (Wildman–Crippen MR) is 101 cm³/mol. The molecule has 2 fully saturated rings. The fourth-order valence-corrected chi connectivity index (χ4v) is 4.19. The van der Waals surface area contributed by atoms with Gasteiger partial charge in [-0.2, -0.15) is 0 Å². The van der Waals surface area contributed by atoms with Crippen LogP contribution in [0.3, 0.4) is 0 Å². The van der Waals surface area contributed by atoms with Gasteiger partial charge in [0.05, 0.1) is 19.8 Å². The third-order valence-electron chi connectivity index (χ3n) is 5.83. The van der Waals surface area contributed by atoms with Gasteiger partial charge in [0.1, 0.15) is 6.61 Å². The number of benzene rings is 1. The number of ether oxygens (including phenoxy) is 3. The standard InChI is InChI=1S/C20H30N2O5/c1-25-14-19(23)22-9-7-20(24)6-8-21(12-16(20)13-22)11-15-4-5-17(26-2)18(10-15)27-3/h4-5,10,16,24H,6-9,11-14H2,1-3H3/t16-,20-/m1/s1. The Bertz CT molecular complexity index is 668. The molecule has 0 radical (unpaired) electrons. The smallest absolute Gasteiger partial charge is 0.248 e. The quantitative estimate of drug-likeness (QED) is 0.800. The van der Waals surface area contributed by atoms with Crippen LogP contribution in [0.15, 0.2) is 18.2 Å². The molecule has 0 bridgehead atoms. The van der Waals surface area contributed by atoms with Crippen molar-refractivity contribution in [1.29, 1.82) is 0 Å². The number of aliphatic hydroxyl groups is 1. The molecule has 0 spiro atoms. The van der Waals surface area contributed by atoms with Crippen molar-refractivity contribution in [3.63, 3.8) is 0 Å². The van der Waals surface area contributed by atoms with Crippen molar-refractivity contribution in [3.8, 4) is 11.5 Å². The van der Waals surface area contributed by atoms with Gasteiger partial charge in [-0.1, -0.05) is 6.07 Å². The summed E-state index contributed by atoms with van der Waals surface area (Å²) in [4.78, 5) is 16.3. The van der Waals surface area contributed by atoms with Crippen LogP contribution >= 0.6 is 0 Å². The van der Waals surface area contributed by atoms with Crippen LogP contribution in [-0.4, -0.2) is 80.5 Å². The van der Waals surface area contributed by atoms with Crippen LogP contribution < -0.4 is 9.47 Å². The molecule has 1 N–H and O–H groups in total. The number of fused-ring (bicyclic) bond motifs is 1. The number of hydrogen-bond acceptors (Lipinski definition) is 6. The minimum Gasteiger partial charge on any atom is -0.493 e. The van der Waals surface area contributed by atoms with Crippen LogP contribution in [-0.2, 0) is 16.1 Å². The molecular formula is C20H30N2O5. The summed E-state index contributed by atoms with van der Waals surface area (Å²) in [6, 6.07) is 5.95. The molecular weight excluding hydrogens is 348 g/mol. The summed E-state index contributed by atoms with van der Waals surface area (Å²) in [6.45, 7) is 3.67. The van der Waals surface area contributed by atoms with E-state index in [0.29, 0.717) is 25.3 Å². The maximum absolute atomic E-state index is 12.2. The molecule has 2 aliphatic heterocycles. The van der Waals surface area contributed by atoms with Gasteiger partial charge in [-0.15, -0.1) is 0 Å². The fraction of sp³-hybridized carbons (Fsp3) is 0.650. The molecule has 0 saturated carbocycles. The van der Waals surface area contributed by atoms with Gasteiger partial charge in [0, 0.05) is 45.8 Å². The highest BCUT2D eigenvalue weighted by atomic mass is 16.5. The summed E-state index contributed by atoms with van der Waals surface area (Å²) in [5, 5.41) is 11.0. The molecule has 27 heavy (non-hydrogen) atoms. The molecule has 0 aromatic heterocycles. The lowest BCUT2D eigenvalue weighted by atomic mass is 9.75. The van der Waals surface area contributed by atoms with E-state index in [9.17, 15) is 9.90 Å². The number of nitrogens with zero attached hydrogens (tertiary/aromatic N) is 2. The number of amides is 1. The number of likely N-dealkylation sites (tertiary alicyclic amines) is 2. The lowest BCUT2D eigenvalue weighted by Crippen LogP contribution is -2.60. The summed E-state index contributed by atoms with van der Waals surface area (Å²) in [6.07, 6.45) is 1.37. The molecule has 1 aromatic carbocycles. The Hall–Kier alpha value is -1.83. The minimum atomic E-state index is -0.669. The van der Waals surface area contributed by atoms with Gasteiger partial charge in [-0.05, 0) is 30.5 Å². The zero-order chi connectivity index (χ0) is 19.4. The van der Waals surface area contributed by atoms with Crippen LogP contribution in [0.5, 0.6) is 11.5 Å². The van der Waals surface area contributed by atoms with Crippen molar-refractivity contribution in [1.82, 2.24) is 9.80 Å². The molecule has 2 aliphatic rings. The second kappa shape index (κ2) is 8.46. The van der Waals surface area contributed by atoms with Crippen LogP contribution in [0.1, 0.15) is 18.4 Å². The van der Waals surface area contributed by atoms with Crippen molar-refractivity contribution in [2.45, 2.75) is 25.0 Å². The van der Waals surface area contributed by atoms with Gasteiger partial charge in [0.15, 0.2) is 11.5 Å². The van der Waals surface area contributed by atoms with Gasteiger partial charge in [-0.3, -0.25) is 9.69 Å². The Morgan fingerprint density at radius 2 is 1.89 bits per heavy atom. The number of hydrogen-bond donors (Lipinski definition) is 1. The Morgan fingerprint density at radius 1 is 1.15 bits per heavy atom. The summed E-state index contributed by atoms with van der Waals surface area (Å²) >= 11 is 0. The molecule has 1 amide bonds. The molecule has 7 heteroatoms. The van der Waals surface area contributed by atoms with E-state index in [1.165, 1.54) is 7.11 Å². The summed E-state index contributed by atoms with van der Waals surface area (Å²) in [7, 11) is 4.79. The number of piperidine rings is 2. The van der Waals surface area contributed by atoms with Crippen molar-refractivity contribution in [3.05, 3.63) is 23.8 Å². The summed E-state index contributed by atoms with van der Waals surface area (Å²) in [5.41, 5.74) is 0.471. The molecule has 7 nitrogen and oxygen atoms in total. The normalized spacial score (nSPS) is 25.8. The van der Waals surface area contributed by atoms with Crippen molar-refractivity contribution in [2.75, 3.05) is 54.1 Å². The first-order valence-corrected chi connectivity index (χ1v) is 9.41. The van der Waals surface area contributed by atoms with Gasteiger partial charge in [-0.25, -0.2) is 0 Å². The fourth-order valence-electron chi connectivity index (χ4n) is 4.19. The van der Waals surface area contributed by atoms with Gasteiger partial charge in [0.25, 0.3) is 0 Å². The van der Waals surface area contributed by atoms with Crippen LogP contribution in [0.4, 0.5) is 0 Å². The lowest BCUT2D eigenvalue weighted by Gasteiger charge is -2.50. The number of rotatable bonds is 6. The van der Waals surface area contributed by atoms with Gasteiger partial charge >= 0.3 is 0 Å². The van der Waals surface area contributed by atoms with Crippen LogP contribution in [0.2, 0.25) is 0 Å². The highest BCUT2D eigenvalue weighted by Gasteiger charge is 2.45. The van der Waals surface area contributed by atoms with Crippen molar-refractivity contribution in [2.24, 2.45) is 5.92 Å². The Balaban J connectivity index is 1.65. The monoisotopic (exact) mass is 378 g/mol. The van der Waals surface area contributed by atoms with Crippen LogP contribution in [0, 0.1) is 5.92 Å². The minimum absolute atomic E-state index is 0.00318. The molecule has 2 saturated heterocycles. The Morgan fingerprint density at radius 3 is 2.59 bits per heavy atom. The maximum Gasteiger partial charge on any atom is 0.248 e.